The van der Waals surface area contributed by atoms with Crippen LogP contribution < -0.4 is 14.7 Å². The Hall–Kier alpha value is -4.00. The normalized spacial score (nSPS) is 17.5. The predicted molar refractivity (Wildman–Crippen MR) is 150 cm³/mol. The third-order valence-corrected chi connectivity index (χ3v) is 7.86. The molecule has 2 aliphatic rings. The second-order valence-corrected chi connectivity index (χ2v) is 11.0. The molecule has 1 atom stereocenters. The Kier molecular flexibility index (Phi) is 7.73. The molecule has 2 aromatic heterocycles. The van der Waals surface area contributed by atoms with Crippen LogP contribution in [0.1, 0.15) is 41.2 Å². The SMILES string of the molecule is Cc1cc(C(F)(F)F)cc(N2C(=O)CCC2C(=O)N(C)c2cccc(C)c2N(C)Cc2nc3n(c2F)CCN(C)C3)n1. The highest BCUT2D eigenvalue weighted by molar-refractivity contribution is 6.09. The Labute approximate surface area is 241 Å². The molecule has 0 aliphatic carbocycles. The van der Waals surface area contributed by atoms with Crippen LogP contribution in [0, 0.1) is 19.8 Å². The molecule has 224 valence electrons. The van der Waals surface area contributed by atoms with Crippen molar-refractivity contribution < 1.29 is 27.2 Å². The minimum absolute atomic E-state index is 0.00124. The van der Waals surface area contributed by atoms with Gasteiger partial charge in [-0.2, -0.15) is 17.6 Å². The van der Waals surface area contributed by atoms with Crippen LogP contribution in [-0.2, 0) is 35.4 Å². The maximum Gasteiger partial charge on any atom is 0.416 e. The fourth-order valence-corrected chi connectivity index (χ4v) is 5.77. The van der Waals surface area contributed by atoms with Crippen LogP contribution in [-0.4, -0.2) is 65.0 Å². The number of aromatic nitrogens is 3. The zero-order valence-corrected chi connectivity index (χ0v) is 24.2. The van der Waals surface area contributed by atoms with Crippen LogP contribution in [0.15, 0.2) is 30.3 Å². The highest BCUT2D eigenvalue weighted by Gasteiger charge is 2.41. The lowest BCUT2D eigenvalue weighted by molar-refractivity contribution is -0.137. The Morgan fingerprint density at radius 2 is 1.86 bits per heavy atom. The van der Waals surface area contributed by atoms with E-state index in [0.717, 1.165) is 29.1 Å². The zero-order valence-electron chi connectivity index (χ0n) is 24.2. The number of fused-ring (bicyclic) bond motifs is 1. The van der Waals surface area contributed by atoms with Crippen molar-refractivity contribution >= 4 is 29.0 Å². The molecular formula is C29H33F4N7O2. The van der Waals surface area contributed by atoms with Crippen molar-refractivity contribution in [3.63, 3.8) is 0 Å². The van der Waals surface area contributed by atoms with Gasteiger partial charge in [-0.3, -0.25) is 19.4 Å². The van der Waals surface area contributed by atoms with Crippen molar-refractivity contribution in [2.45, 2.75) is 58.5 Å². The molecule has 1 fully saturated rings. The molecule has 5 rings (SSSR count). The molecule has 3 aromatic rings. The van der Waals surface area contributed by atoms with Crippen LogP contribution in [0.4, 0.5) is 34.8 Å². The third kappa shape index (κ3) is 5.44. The summed E-state index contributed by atoms with van der Waals surface area (Å²) in [7, 11) is 5.30. The van der Waals surface area contributed by atoms with E-state index in [2.05, 4.69) is 14.9 Å². The number of amides is 2. The number of likely N-dealkylation sites (N-methyl/N-ethyl adjacent to an activating group) is 2. The number of anilines is 3. The Bertz CT molecular complexity index is 1540. The minimum Gasteiger partial charge on any atom is -0.367 e. The van der Waals surface area contributed by atoms with Crippen LogP contribution >= 0.6 is 0 Å². The first-order valence-corrected chi connectivity index (χ1v) is 13.6. The lowest BCUT2D eigenvalue weighted by Gasteiger charge is -2.31. The second kappa shape index (κ2) is 11.0. The standard InChI is InChI=1S/C29H33F4N7O2/c1-17-7-6-8-21(26(17)37(4)15-20-27(30)39-12-11-36(3)16-24(39)35-20)38(5)28(42)22-9-10-25(41)40(22)23-14-19(29(31,32)33)13-18(2)34-23/h6-8,13-14,22H,9-12,15-16H2,1-5H3. The zero-order chi connectivity index (χ0) is 30.5. The van der Waals surface area contributed by atoms with E-state index in [1.807, 2.05) is 24.9 Å². The van der Waals surface area contributed by atoms with Crippen molar-refractivity contribution in [3.8, 4) is 0 Å². The average molecular weight is 588 g/mol. The molecule has 0 bridgehead atoms. The number of pyridine rings is 1. The summed E-state index contributed by atoms with van der Waals surface area (Å²) in [5, 5.41) is 0. The van der Waals surface area contributed by atoms with E-state index in [9.17, 15) is 22.8 Å². The molecule has 1 unspecified atom stereocenters. The summed E-state index contributed by atoms with van der Waals surface area (Å²) in [6.45, 7) is 5.21. The average Bonchev–Trinajstić information content (AvgIpc) is 3.45. The quantitative estimate of drug-likeness (QED) is 0.401. The smallest absolute Gasteiger partial charge is 0.367 e. The fourth-order valence-electron chi connectivity index (χ4n) is 5.77. The van der Waals surface area contributed by atoms with Crippen molar-refractivity contribution in [2.24, 2.45) is 0 Å². The molecule has 2 aliphatic heterocycles. The van der Waals surface area contributed by atoms with Gasteiger partial charge < -0.3 is 14.4 Å². The van der Waals surface area contributed by atoms with Gasteiger partial charge in [-0.25, -0.2) is 9.97 Å². The molecule has 0 radical (unpaired) electrons. The van der Waals surface area contributed by atoms with Crippen LogP contribution in [0.25, 0.3) is 0 Å². The van der Waals surface area contributed by atoms with Crippen molar-refractivity contribution in [1.29, 1.82) is 0 Å². The molecule has 42 heavy (non-hydrogen) atoms. The number of rotatable bonds is 6. The van der Waals surface area contributed by atoms with Gasteiger partial charge in [0.25, 0.3) is 0 Å². The number of para-hydroxylation sites is 1. The Morgan fingerprint density at radius 3 is 2.57 bits per heavy atom. The molecule has 9 nitrogen and oxygen atoms in total. The first-order chi connectivity index (χ1) is 19.8. The van der Waals surface area contributed by atoms with Gasteiger partial charge in [0.05, 0.1) is 30.0 Å². The molecule has 0 saturated carbocycles. The molecular weight excluding hydrogens is 554 g/mol. The second-order valence-electron chi connectivity index (χ2n) is 11.0. The highest BCUT2D eigenvalue weighted by atomic mass is 19.4. The van der Waals surface area contributed by atoms with E-state index in [4.69, 9.17) is 0 Å². The number of alkyl halides is 3. The van der Waals surface area contributed by atoms with Gasteiger partial charge in [0.1, 0.15) is 23.4 Å². The number of imidazole rings is 1. The van der Waals surface area contributed by atoms with Gasteiger partial charge in [-0.1, -0.05) is 12.1 Å². The van der Waals surface area contributed by atoms with E-state index in [-0.39, 0.29) is 36.8 Å². The highest BCUT2D eigenvalue weighted by Crippen LogP contribution is 2.37. The topological polar surface area (TPSA) is 77.8 Å². The predicted octanol–water partition coefficient (Wildman–Crippen LogP) is 4.29. The summed E-state index contributed by atoms with van der Waals surface area (Å²) in [5.74, 6) is -0.869. The lowest BCUT2D eigenvalue weighted by Crippen LogP contribution is -2.46. The van der Waals surface area contributed by atoms with Gasteiger partial charge in [-0.15, -0.1) is 0 Å². The maximum absolute atomic E-state index is 15.3. The number of benzene rings is 1. The van der Waals surface area contributed by atoms with Crippen LogP contribution in [0.2, 0.25) is 0 Å². The first-order valence-electron chi connectivity index (χ1n) is 13.6. The largest absolute Gasteiger partial charge is 0.416 e. The van der Waals surface area contributed by atoms with Crippen molar-refractivity contribution in [1.82, 2.24) is 19.4 Å². The van der Waals surface area contributed by atoms with Gasteiger partial charge in [0.15, 0.2) is 0 Å². The Morgan fingerprint density at radius 1 is 1.12 bits per heavy atom. The van der Waals surface area contributed by atoms with Gasteiger partial charge >= 0.3 is 6.18 Å². The summed E-state index contributed by atoms with van der Waals surface area (Å²) in [4.78, 5) is 41.8. The number of carbonyl (C=O) groups excluding carboxylic acids is 2. The molecule has 13 heteroatoms. The van der Waals surface area contributed by atoms with Gasteiger partial charge in [0.2, 0.25) is 17.8 Å². The summed E-state index contributed by atoms with van der Waals surface area (Å²) < 4.78 is 57.4. The lowest BCUT2D eigenvalue weighted by atomic mass is 10.1. The fraction of sp³-hybridized carbons (Fsp3) is 0.448. The number of hydrogen-bond donors (Lipinski definition) is 0. The van der Waals surface area contributed by atoms with Gasteiger partial charge in [-0.05, 0) is 51.1 Å². The monoisotopic (exact) mass is 587 g/mol. The van der Waals surface area contributed by atoms with Crippen molar-refractivity contribution in [3.05, 3.63) is 64.6 Å². The van der Waals surface area contributed by atoms with Crippen molar-refractivity contribution in [2.75, 3.05) is 42.4 Å². The summed E-state index contributed by atoms with van der Waals surface area (Å²) in [5.41, 5.74) is 1.45. The number of halogens is 4. The first kappa shape index (κ1) is 29.5. The summed E-state index contributed by atoms with van der Waals surface area (Å²) in [6, 6.07) is 6.07. The third-order valence-electron chi connectivity index (χ3n) is 7.86. The molecule has 2 amide bonds. The van der Waals surface area contributed by atoms with E-state index in [1.165, 1.54) is 11.8 Å². The molecule has 1 aromatic carbocycles. The van der Waals surface area contributed by atoms with E-state index < -0.39 is 29.6 Å². The van der Waals surface area contributed by atoms with E-state index in [1.54, 1.807) is 30.8 Å². The van der Waals surface area contributed by atoms with E-state index in [0.29, 0.717) is 36.0 Å². The number of nitrogens with zero attached hydrogens (tertiary/aromatic N) is 7. The molecule has 4 heterocycles. The summed E-state index contributed by atoms with van der Waals surface area (Å²) in [6.07, 6.45) is -4.50. The molecule has 0 spiro atoms. The van der Waals surface area contributed by atoms with Crippen LogP contribution in [0.5, 0.6) is 0 Å². The van der Waals surface area contributed by atoms with E-state index >= 15 is 4.39 Å². The summed E-state index contributed by atoms with van der Waals surface area (Å²) >= 11 is 0. The van der Waals surface area contributed by atoms with Crippen LogP contribution in [0.3, 0.4) is 0 Å². The Balaban J connectivity index is 1.44. The number of aryl methyl sites for hydroxylation is 2. The maximum atomic E-state index is 15.3. The van der Waals surface area contributed by atoms with Gasteiger partial charge in [0, 0.05) is 39.3 Å². The molecule has 0 N–H and O–H groups in total. The number of hydrogen-bond acceptors (Lipinski definition) is 6. The minimum atomic E-state index is -4.63. The number of carbonyl (C=O) groups is 2. The molecule has 1 saturated heterocycles.